The van der Waals surface area contributed by atoms with E-state index in [0.717, 1.165) is 39.9 Å². The summed E-state index contributed by atoms with van der Waals surface area (Å²) in [7, 11) is 0. The van der Waals surface area contributed by atoms with Crippen LogP contribution < -0.4 is 10.2 Å². The summed E-state index contributed by atoms with van der Waals surface area (Å²) < 4.78 is 0.982. The molecule has 1 heterocycles. The third-order valence-electron chi connectivity index (χ3n) is 4.15. The molecule has 1 saturated heterocycles. The number of nitrogens with zero attached hydrogens (tertiary/aromatic N) is 1. The van der Waals surface area contributed by atoms with Gasteiger partial charge in [0.25, 0.3) is 0 Å². The van der Waals surface area contributed by atoms with Crippen molar-refractivity contribution in [3.05, 3.63) is 64.1 Å². The molecule has 25 heavy (non-hydrogen) atoms. The SMILES string of the molecule is Cc1cc(Br)ccc1NC(=O)/C=C/c1ccc(N2CCCC2=O)cc1. The molecule has 1 N–H and O–H groups in total. The molecular formula is C20H19BrN2O2. The summed E-state index contributed by atoms with van der Waals surface area (Å²) >= 11 is 3.41. The molecule has 0 aliphatic carbocycles. The molecule has 0 spiro atoms. The number of carbonyl (C=O) groups excluding carboxylic acids is 2. The van der Waals surface area contributed by atoms with Crippen molar-refractivity contribution in [3.8, 4) is 0 Å². The zero-order valence-corrected chi connectivity index (χ0v) is 15.5. The number of carbonyl (C=O) groups is 2. The van der Waals surface area contributed by atoms with Crippen molar-refractivity contribution in [2.75, 3.05) is 16.8 Å². The number of anilines is 2. The second kappa shape index (κ2) is 7.66. The molecule has 2 aromatic rings. The molecule has 4 nitrogen and oxygen atoms in total. The van der Waals surface area contributed by atoms with Crippen molar-refractivity contribution in [2.24, 2.45) is 0 Å². The van der Waals surface area contributed by atoms with Crippen LogP contribution in [0.2, 0.25) is 0 Å². The van der Waals surface area contributed by atoms with Crippen LogP contribution in [0.15, 0.2) is 53.0 Å². The summed E-state index contributed by atoms with van der Waals surface area (Å²) in [4.78, 5) is 25.6. The van der Waals surface area contributed by atoms with Crippen LogP contribution in [0.5, 0.6) is 0 Å². The number of aryl methyl sites for hydroxylation is 1. The Morgan fingerprint density at radius 3 is 2.60 bits per heavy atom. The van der Waals surface area contributed by atoms with Gasteiger partial charge in [-0.15, -0.1) is 0 Å². The standard InChI is InChI=1S/C20H19BrN2O2/c1-14-13-16(21)7-10-18(14)22-19(24)11-6-15-4-8-17(9-5-15)23-12-2-3-20(23)25/h4-11,13H,2-3,12H2,1H3,(H,22,24)/b11-6+. The van der Waals surface area contributed by atoms with E-state index in [4.69, 9.17) is 0 Å². The molecule has 0 atom stereocenters. The van der Waals surface area contributed by atoms with E-state index in [9.17, 15) is 9.59 Å². The van der Waals surface area contributed by atoms with Crippen LogP contribution in [0.4, 0.5) is 11.4 Å². The van der Waals surface area contributed by atoms with Crippen LogP contribution in [0.25, 0.3) is 6.08 Å². The van der Waals surface area contributed by atoms with Gasteiger partial charge >= 0.3 is 0 Å². The van der Waals surface area contributed by atoms with E-state index >= 15 is 0 Å². The Labute approximate surface area is 155 Å². The number of rotatable bonds is 4. The van der Waals surface area contributed by atoms with Gasteiger partial charge in [-0.05, 0) is 60.9 Å². The Kier molecular flexibility index (Phi) is 5.34. The molecule has 0 aromatic heterocycles. The summed E-state index contributed by atoms with van der Waals surface area (Å²) in [6.07, 6.45) is 4.81. The average Bonchev–Trinajstić information content (AvgIpc) is 3.02. The van der Waals surface area contributed by atoms with Crippen molar-refractivity contribution in [1.29, 1.82) is 0 Å². The van der Waals surface area contributed by atoms with Crippen molar-refractivity contribution in [2.45, 2.75) is 19.8 Å². The highest BCUT2D eigenvalue weighted by atomic mass is 79.9. The third-order valence-corrected chi connectivity index (χ3v) is 4.64. The van der Waals surface area contributed by atoms with E-state index in [1.807, 2.05) is 49.4 Å². The predicted octanol–water partition coefficient (Wildman–Crippen LogP) is 4.54. The lowest BCUT2D eigenvalue weighted by atomic mass is 10.1. The zero-order chi connectivity index (χ0) is 17.8. The maximum atomic E-state index is 12.1. The quantitative estimate of drug-likeness (QED) is 0.768. The van der Waals surface area contributed by atoms with Gasteiger partial charge in [-0.1, -0.05) is 28.1 Å². The maximum absolute atomic E-state index is 12.1. The maximum Gasteiger partial charge on any atom is 0.248 e. The summed E-state index contributed by atoms with van der Waals surface area (Å²) in [5, 5.41) is 2.87. The minimum Gasteiger partial charge on any atom is -0.322 e. The van der Waals surface area contributed by atoms with Crippen LogP contribution in [0.3, 0.4) is 0 Å². The Hall–Kier alpha value is -2.40. The van der Waals surface area contributed by atoms with E-state index in [2.05, 4.69) is 21.2 Å². The van der Waals surface area contributed by atoms with E-state index in [-0.39, 0.29) is 11.8 Å². The van der Waals surface area contributed by atoms with Gasteiger partial charge in [0, 0.05) is 34.9 Å². The van der Waals surface area contributed by atoms with Gasteiger partial charge in [-0.2, -0.15) is 0 Å². The predicted molar refractivity (Wildman–Crippen MR) is 105 cm³/mol. The summed E-state index contributed by atoms with van der Waals surface area (Å²) in [5.74, 6) is -0.00300. The second-order valence-electron chi connectivity index (χ2n) is 6.02. The number of hydrogen-bond acceptors (Lipinski definition) is 2. The molecule has 2 aromatic carbocycles. The lowest BCUT2D eigenvalue weighted by molar-refractivity contribution is -0.117. The molecule has 3 rings (SSSR count). The molecule has 2 amide bonds. The first kappa shape index (κ1) is 17.4. The number of hydrogen-bond donors (Lipinski definition) is 1. The first-order valence-corrected chi connectivity index (χ1v) is 8.98. The molecule has 5 heteroatoms. The van der Waals surface area contributed by atoms with Gasteiger partial charge in [0.2, 0.25) is 11.8 Å². The van der Waals surface area contributed by atoms with E-state index in [0.29, 0.717) is 6.42 Å². The van der Waals surface area contributed by atoms with Gasteiger partial charge in [0.05, 0.1) is 0 Å². The molecule has 0 saturated carbocycles. The van der Waals surface area contributed by atoms with Gasteiger partial charge in [0.1, 0.15) is 0 Å². The fraction of sp³-hybridized carbons (Fsp3) is 0.200. The molecular weight excluding hydrogens is 380 g/mol. The molecule has 128 valence electrons. The lowest BCUT2D eigenvalue weighted by Gasteiger charge is -2.15. The molecule has 0 unspecified atom stereocenters. The minimum atomic E-state index is -0.177. The number of nitrogens with one attached hydrogen (secondary N) is 1. The lowest BCUT2D eigenvalue weighted by Crippen LogP contribution is -2.23. The van der Waals surface area contributed by atoms with Crippen LogP contribution >= 0.6 is 15.9 Å². The number of halogens is 1. The van der Waals surface area contributed by atoms with Gasteiger partial charge < -0.3 is 10.2 Å². The topological polar surface area (TPSA) is 49.4 Å². The van der Waals surface area contributed by atoms with E-state index < -0.39 is 0 Å². The Bertz CT molecular complexity index is 828. The molecule has 1 aliphatic rings. The van der Waals surface area contributed by atoms with Crippen molar-refractivity contribution in [1.82, 2.24) is 0 Å². The fourth-order valence-corrected chi connectivity index (χ4v) is 3.28. The average molecular weight is 399 g/mol. The molecule has 0 bridgehead atoms. The van der Waals surface area contributed by atoms with E-state index in [1.54, 1.807) is 11.0 Å². The Morgan fingerprint density at radius 1 is 1.20 bits per heavy atom. The number of amides is 2. The van der Waals surface area contributed by atoms with Crippen LogP contribution in [-0.2, 0) is 9.59 Å². The summed E-state index contributed by atoms with van der Waals surface area (Å²) in [6, 6.07) is 13.4. The van der Waals surface area contributed by atoms with E-state index in [1.165, 1.54) is 6.08 Å². The first-order chi connectivity index (χ1) is 12.0. The zero-order valence-electron chi connectivity index (χ0n) is 14.0. The Balaban J connectivity index is 1.63. The Morgan fingerprint density at radius 2 is 1.96 bits per heavy atom. The van der Waals surface area contributed by atoms with Gasteiger partial charge in [0.15, 0.2) is 0 Å². The smallest absolute Gasteiger partial charge is 0.248 e. The highest BCUT2D eigenvalue weighted by molar-refractivity contribution is 9.10. The van der Waals surface area contributed by atoms with Crippen LogP contribution in [-0.4, -0.2) is 18.4 Å². The van der Waals surface area contributed by atoms with Crippen molar-refractivity contribution in [3.63, 3.8) is 0 Å². The highest BCUT2D eigenvalue weighted by Gasteiger charge is 2.21. The summed E-state index contributed by atoms with van der Waals surface area (Å²) in [5.41, 5.74) is 3.61. The first-order valence-electron chi connectivity index (χ1n) is 8.18. The normalized spacial score (nSPS) is 14.3. The van der Waals surface area contributed by atoms with Gasteiger partial charge in [-0.3, -0.25) is 9.59 Å². The molecule has 0 radical (unpaired) electrons. The largest absolute Gasteiger partial charge is 0.322 e. The fourth-order valence-electron chi connectivity index (χ4n) is 2.80. The van der Waals surface area contributed by atoms with Crippen molar-refractivity contribution >= 4 is 45.2 Å². The third kappa shape index (κ3) is 4.37. The summed E-state index contributed by atoms with van der Waals surface area (Å²) in [6.45, 7) is 2.73. The van der Waals surface area contributed by atoms with Gasteiger partial charge in [-0.25, -0.2) is 0 Å². The van der Waals surface area contributed by atoms with Crippen LogP contribution in [0.1, 0.15) is 24.0 Å². The van der Waals surface area contributed by atoms with Crippen molar-refractivity contribution < 1.29 is 9.59 Å². The molecule has 1 aliphatic heterocycles. The van der Waals surface area contributed by atoms with Crippen LogP contribution in [0, 0.1) is 6.92 Å². The second-order valence-corrected chi connectivity index (χ2v) is 6.94. The number of benzene rings is 2. The highest BCUT2D eigenvalue weighted by Crippen LogP contribution is 2.22. The molecule has 1 fully saturated rings. The minimum absolute atomic E-state index is 0.174. The monoisotopic (exact) mass is 398 g/mol.